The van der Waals surface area contributed by atoms with Gasteiger partial charge in [-0.25, -0.2) is 0 Å². The van der Waals surface area contributed by atoms with Crippen LogP contribution in [0.25, 0.3) is 0 Å². The molecule has 0 saturated carbocycles. The van der Waals surface area contributed by atoms with Crippen LogP contribution in [-0.4, -0.2) is 87.5 Å². The Hall–Kier alpha value is -1.59. The highest BCUT2D eigenvalue weighted by atomic mass is 16.7. The highest BCUT2D eigenvalue weighted by Gasteiger charge is 2.44. The molecule has 7 unspecified atom stereocenters. The van der Waals surface area contributed by atoms with Gasteiger partial charge in [0.1, 0.15) is 24.4 Å². The van der Waals surface area contributed by atoms with Crippen molar-refractivity contribution in [2.75, 3.05) is 13.2 Å². The number of hydrogen-bond donors (Lipinski definition) is 6. The molecule has 0 radical (unpaired) electrons. The van der Waals surface area contributed by atoms with Gasteiger partial charge in [-0.3, -0.25) is 4.79 Å². The summed E-state index contributed by atoms with van der Waals surface area (Å²) in [4.78, 5) is 13.1. The van der Waals surface area contributed by atoms with Crippen LogP contribution in [0.2, 0.25) is 0 Å². The summed E-state index contributed by atoms with van der Waals surface area (Å²) in [7, 11) is 0. The second-order valence-corrected chi connectivity index (χ2v) is 26.4. The van der Waals surface area contributed by atoms with E-state index in [0.717, 1.165) is 38.5 Å². The molecule has 1 fully saturated rings. The molecule has 1 amide bonds. The van der Waals surface area contributed by atoms with E-state index in [1.807, 2.05) is 6.08 Å². The summed E-state index contributed by atoms with van der Waals surface area (Å²) < 4.78 is 11.3. The Balaban J connectivity index is 2.10. The number of amides is 1. The van der Waals surface area contributed by atoms with Crippen molar-refractivity contribution in [2.45, 2.75) is 429 Å². The summed E-state index contributed by atoms with van der Waals surface area (Å²) in [5, 5.41) is 54.8. The van der Waals surface area contributed by atoms with Crippen molar-refractivity contribution in [3.8, 4) is 0 Å². The van der Waals surface area contributed by atoms with E-state index in [-0.39, 0.29) is 12.5 Å². The predicted molar refractivity (Wildman–Crippen MR) is 364 cm³/mol. The second-order valence-electron chi connectivity index (χ2n) is 26.4. The van der Waals surface area contributed by atoms with Gasteiger partial charge in [0.15, 0.2) is 6.29 Å². The van der Waals surface area contributed by atoms with E-state index in [2.05, 4.69) is 43.5 Å². The molecule has 85 heavy (non-hydrogen) atoms. The fraction of sp³-hybridized carbons (Fsp3) is 0.908. The molecule has 0 aromatic carbocycles. The second kappa shape index (κ2) is 65.4. The number of hydrogen-bond acceptors (Lipinski definition) is 8. The molecule has 7 atom stereocenters. The Morgan fingerprint density at radius 2 is 0.671 bits per heavy atom. The molecule has 1 aliphatic rings. The topological polar surface area (TPSA) is 149 Å². The predicted octanol–water partition coefficient (Wildman–Crippen LogP) is 21.0. The number of allylic oxidation sites excluding steroid dienone is 5. The molecule has 1 heterocycles. The lowest BCUT2D eigenvalue weighted by molar-refractivity contribution is -0.302. The van der Waals surface area contributed by atoms with Crippen molar-refractivity contribution in [1.29, 1.82) is 0 Å². The molecule has 0 aromatic heterocycles. The van der Waals surface area contributed by atoms with Crippen LogP contribution in [0.5, 0.6) is 0 Å². The van der Waals surface area contributed by atoms with E-state index in [0.29, 0.717) is 6.42 Å². The van der Waals surface area contributed by atoms with E-state index < -0.39 is 49.5 Å². The van der Waals surface area contributed by atoms with Crippen LogP contribution in [0.4, 0.5) is 0 Å². The quantitative estimate of drug-likeness (QED) is 0.0261. The van der Waals surface area contributed by atoms with Gasteiger partial charge in [0, 0.05) is 6.42 Å². The van der Waals surface area contributed by atoms with Crippen LogP contribution in [0.3, 0.4) is 0 Å². The summed E-state index contributed by atoms with van der Waals surface area (Å²) in [5.74, 6) is -0.178. The number of carbonyl (C=O) groups excluding carboxylic acids is 1. The van der Waals surface area contributed by atoms with Gasteiger partial charge >= 0.3 is 0 Å². The third kappa shape index (κ3) is 53.9. The summed E-state index contributed by atoms with van der Waals surface area (Å²) in [5.41, 5.74) is 0. The van der Waals surface area contributed by atoms with Gasteiger partial charge in [-0.1, -0.05) is 359 Å². The van der Waals surface area contributed by atoms with Crippen molar-refractivity contribution in [3.05, 3.63) is 36.5 Å². The zero-order valence-corrected chi connectivity index (χ0v) is 56.4. The molecular weight excluding hydrogens is 1050 g/mol. The normalized spacial score (nSPS) is 18.2. The highest BCUT2D eigenvalue weighted by molar-refractivity contribution is 5.76. The monoisotopic (exact) mass is 1200 g/mol. The summed E-state index contributed by atoms with van der Waals surface area (Å²) >= 11 is 0. The van der Waals surface area contributed by atoms with Crippen molar-refractivity contribution >= 4 is 5.91 Å². The van der Waals surface area contributed by atoms with Gasteiger partial charge in [-0.15, -0.1) is 0 Å². The standard InChI is InChI=1S/C76H145NO8/c1-3-5-7-9-11-13-15-17-19-21-23-25-27-29-31-33-34-35-36-38-40-42-44-46-48-50-52-54-56-58-60-62-64-66-72(80)77-69(68-84-76-75(83)74(82)73(81)71(67-78)85-76)70(79)65-63-61-59-57-55-53-51-49-47-45-43-41-39-37-32-30-28-26-24-22-20-18-16-14-12-10-8-6-4-2/h21,23,55,57,63,65,69-71,73-76,78-79,81-83H,3-20,22,24-54,56,58-62,64,66-68H2,1-2H3,(H,77,80)/b23-21-,57-55+,65-63+. The van der Waals surface area contributed by atoms with Crippen LogP contribution in [0, 0.1) is 0 Å². The molecule has 1 saturated heterocycles. The van der Waals surface area contributed by atoms with Gasteiger partial charge in [-0.2, -0.15) is 0 Å². The summed E-state index contributed by atoms with van der Waals surface area (Å²) in [6.45, 7) is 3.82. The van der Waals surface area contributed by atoms with Crippen LogP contribution in [-0.2, 0) is 14.3 Å². The minimum atomic E-state index is -1.57. The molecule has 6 N–H and O–H groups in total. The molecular formula is C76H145NO8. The maximum atomic E-state index is 13.1. The van der Waals surface area contributed by atoms with E-state index in [9.17, 15) is 30.3 Å². The minimum absolute atomic E-state index is 0.178. The first-order chi connectivity index (χ1) is 41.8. The highest BCUT2D eigenvalue weighted by Crippen LogP contribution is 2.24. The molecule has 9 heteroatoms. The Morgan fingerprint density at radius 3 is 0.988 bits per heavy atom. The van der Waals surface area contributed by atoms with Crippen LogP contribution in [0.1, 0.15) is 386 Å². The summed E-state index contributed by atoms with van der Waals surface area (Å²) in [6, 6.07) is -0.822. The first kappa shape index (κ1) is 81.4. The molecule has 1 rings (SSSR count). The first-order valence-electron chi connectivity index (χ1n) is 37.7. The lowest BCUT2D eigenvalue weighted by atomic mass is 9.99. The van der Waals surface area contributed by atoms with E-state index in [1.165, 1.54) is 327 Å². The molecule has 0 aliphatic carbocycles. The molecule has 0 aromatic rings. The molecule has 0 spiro atoms. The third-order valence-electron chi connectivity index (χ3n) is 18.2. The zero-order valence-electron chi connectivity index (χ0n) is 56.4. The minimum Gasteiger partial charge on any atom is -0.394 e. The molecule has 9 nitrogen and oxygen atoms in total. The Morgan fingerprint density at radius 1 is 0.388 bits per heavy atom. The number of aliphatic hydroxyl groups is 5. The van der Waals surface area contributed by atoms with Crippen molar-refractivity contribution in [1.82, 2.24) is 5.32 Å². The molecule has 502 valence electrons. The van der Waals surface area contributed by atoms with Gasteiger partial charge in [0.05, 0.1) is 25.4 Å². The average Bonchev–Trinajstić information content (AvgIpc) is 3.68. The number of ether oxygens (including phenoxy) is 2. The number of nitrogens with one attached hydrogen (secondary N) is 1. The Kier molecular flexibility index (Phi) is 62.6. The largest absolute Gasteiger partial charge is 0.394 e. The van der Waals surface area contributed by atoms with Gasteiger partial charge in [0.25, 0.3) is 0 Å². The number of unbranched alkanes of at least 4 members (excludes halogenated alkanes) is 53. The Bertz CT molecular complexity index is 1440. The maximum absolute atomic E-state index is 13.1. The van der Waals surface area contributed by atoms with E-state index >= 15 is 0 Å². The fourth-order valence-electron chi connectivity index (χ4n) is 12.3. The van der Waals surface area contributed by atoms with Crippen molar-refractivity contribution in [3.63, 3.8) is 0 Å². The lowest BCUT2D eigenvalue weighted by Gasteiger charge is -2.40. The van der Waals surface area contributed by atoms with Crippen molar-refractivity contribution < 1.29 is 39.8 Å². The average molecular weight is 1200 g/mol. The zero-order chi connectivity index (χ0) is 61.4. The third-order valence-corrected chi connectivity index (χ3v) is 18.2. The Labute approximate surface area is 527 Å². The number of carbonyl (C=O) groups is 1. The lowest BCUT2D eigenvalue weighted by Crippen LogP contribution is -2.60. The first-order valence-corrected chi connectivity index (χ1v) is 37.7. The number of aliphatic hydroxyl groups excluding tert-OH is 5. The number of rotatable bonds is 67. The smallest absolute Gasteiger partial charge is 0.220 e. The maximum Gasteiger partial charge on any atom is 0.220 e. The van der Waals surface area contributed by atoms with Crippen LogP contribution >= 0.6 is 0 Å². The van der Waals surface area contributed by atoms with Gasteiger partial charge in [-0.05, 0) is 57.8 Å². The SMILES string of the molecule is CCCCCCCCCC/C=C\CCCCCCCCCCCCCCCCCCCCCCCC(=O)NC(COC1OC(CO)C(O)C(O)C1O)C(O)/C=C/CC/C=C/CCCCCCCCCCCCCCCCCCCCCCCCC. The van der Waals surface area contributed by atoms with Crippen LogP contribution < -0.4 is 5.32 Å². The fourth-order valence-corrected chi connectivity index (χ4v) is 12.3. The molecule has 0 bridgehead atoms. The van der Waals surface area contributed by atoms with Gasteiger partial charge in [0.2, 0.25) is 5.91 Å². The van der Waals surface area contributed by atoms with Gasteiger partial charge < -0.3 is 40.3 Å². The molecule has 1 aliphatic heterocycles. The van der Waals surface area contributed by atoms with E-state index in [4.69, 9.17) is 9.47 Å². The van der Waals surface area contributed by atoms with Crippen LogP contribution in [0.15, 0.2) is 36.5 Å². The van der Waals surface area contributed by atoms with E-state index in [1.54, 1.807) is 6.08 Å². The van der Waals surface area contributed by atoms with Crippen molar-refractivity contribution in [2.24, 2.45) is 0 Å². The summed E-state index contributed by atoms with van der Waals surface area (Å²) in [6.07, 6.45) is 81.4.